The molecule has 0 aromatic heterocycles. The van der Waals surface area contributed by atoms with E-state index in [0.717, 1.165) is 31.5 Å². The van der Waals surface area contributed by atoms with Gasteiger partial charge in [0.25, 0.3) is 5.91 Å². The third-order valence-corrected chi connectivity index (χ3v) is 5.00. The Labute approximate surface area is 159 Å². The first-order valence-corrected chi connectivity index (χ1v) is 9.32. The van der Waals surface area contributed by atoms with Crippen LogP contribution in [0.4, 0.5) is 10.1 Å². The third-order valence-electron chi connectivity index (χ3n) is 5.00. The monoisotopic (exact) mass is 374 g/mol. The maximum atomic E-state index is 13.7. The summed E-state index contributed by atoms with van der Waals surface area (Å²) in [6, 6.07) is 4.38. The zero-order chi connectivity index (χ0) is 19.4. The van der Waals surface area contributed by atoms with E-state index in [1.165, 1.54) is 18.3 Å². The second-order valence-corrected chi connectivity index (χ2v) is 7.67. The van der Waals surface area contributed by atoms with Gasteiger partial charge in [-0.15, -0.1) is 0 Å². The average Bonchev–Trinajstić information content (AvgIpc) is 3.36. The van der Waals surface area contributed by atoms with Crippen LogP contribution in [0.2, 0.25) is 0 Å². The third kappa shape index (κ3) is 5.07. The molecule has 0 radical (unpaired) electrons. The summed E-state index contributed by atoms with van der Waals surface area (Å²) in [7, 11) is 0. The fourth-order valence-corrected chi connectivity index (χ4v) is 3.06. The van der Waals surface area contributed by atoms with Gasteiger partial charge in [-0.1, -0.05) is 6.92 Å². The first-order chi connectivity index (χ1) is 12.9. The number of benzene rings is 1. The van der Waals surface area contributed by atoms with E-state index >= 15 is 0 Å². The Hall–Kier alpha value is -2.41. The van der Waals surface area contributed by atoms with E-state index in [-0.39, 0.29) is 11.2 Å². The molecule has 1 aromatic rings. The molecule has 0 spiro atoms. The van der Waals surface area contributed by atoms with Crippen molar-refractivity contribution < 1.29 is 13.9 Å². The largest absolute Gasteiger partial charge is 0.486 e. The minimum atomic E-state index is -0.457. The van der Waals surface area contributed by atoms with E-state index in [0.29, 0.717) is 31.1 Å². The van der Waals surface area contributed by atoms with Crippen LogP contribution in [0.1, 0.15) is 25.3 Å². The summed E-state index contributed by atoms with van der Waals surface area (Å²) in [5.41, 5.74) is 1.65. The molecule has 1 saturated carbocycles. The number of nitrogens with one attached hydrogen (secondary N) is 3. The van der Waals surface area contributed by atoms with E-state index < -0.39 is 11.7 Å². The number of rotatable bonds is 7. The van der Waals surface area contributed by atoms with Crippen molar-refractivity contribution in [1.29, 1.82) is 5.41 Å². The zero-order valence-electron chi connectivity index (χ0n) is 15.9. The molecule has 2 fully saturated rings. The molecule has 1 aliphatic heterocycles. The lowest BCUT2D eigenvalue weighted by atomic mass is 10.1. The molecule has 3 rings (SSSR count). The molecule has 1 aromatic carbocycles. The molecular weight excluding hydrogens is 347 g/mol. The number of allylic oxidation sites excluding steroid dienone is 1. The number of carbonyl (C=O) groups is 1. The van der Waals surface area contributed by atoms with Gasteiger partial charge in [-0.2, -0.15) is 0 Å². The molecule has 0 bridgehead atoms. The number of carbonyl (C=O) groups excluding carboxylic acids is 1. The minimum Gasteiger partial charge on any atom is -0.486 e. The Morgan fingerprint density at radius 2 is 2.07 bits per heavy atom. The lowest BCUT2D eigenvalue weighted by Gasteiger charge is -2.31. The smallest absolute Gasteiger partial charge is 0.293 e. The fraction of sp³-hybridized carbons (Fsp3) is 0.500. The molecule has 1 amide bonds. The first kappa shape index (κ1) is 19.4. The number of anilines is 1. The fourth-order valence-electron chi connectivity index (χ4n) is 3.06. The topological polar surface area (TPSA) is 77.5 Å². The van der Waals surface area contributed by atoms with Crippen molar-refractivity contribution in [2.45, 2.75) is 26.7 Å². The highest BCUT2D eigenvalue weighted by Gasteiger charge is 2.39. The van der Waals surface area contributed by atoms with Gasteiger partial charge >= 0.3 is 0 Å². The summed E-state index contributed by atoms with van der Waals surface area (Å²) in [4.78, 5) is 14.9. The number of ether oxygens (including phenoxy) is 1. The van der Waals surface area contributed by atoms with Crippen molar-refractivity contribution in [1.82, 2.24) is 10.2 Å². The summed E-state index contributed by atoms with van der Waals surface area (Å²) in [6.07, 6.45) is 3.31. The van der Waals surface area contributed by atoms with Gasteiger partial charge in [0.15, 0.2) is 0 Å². The van der Waals surface area contributed by atoms with Crippen molar-refractivity contribution in [3.05, 3.63) is 41.0 Å². The lowest BCUT2D eigenvalue weighted by Crippen LogP contribution is -2.44. The molecule has 0 unspecified atom stereocenters. The van der Waals surface area contributed by atoms with Crippen LogP contribution in [-0.4, -0.2) is 49.8 Å². The Morgan fingerprint density at radius 3 is 2.67 bits per heavy atom. The number of hydrogen-bond donors (Lipinski definition) is 3. The Balaban J connectivity index is 1.85. The predicted molar refractivity (Wildman–Crippen MR) is 103 cm³/mol. The molecule has 27 heavy (non-hydrogen) atoms. The molecule has 1 saturated heterocycles. The highest BCUT2D eigenvalue weighted by molar-refractivity contribution is 6.05. The van der Waals surface area contributed by atoms with Gasteiger partial charge in [-0.05, 0) is 43.5 Å². The molecule has 146 valence electrons. The summed E-state index contributed by atoms with van der Waals surface area (Å²) >= 11 is 0. The normalized spacial score (nSPS) is 19.1. The lowest BCUT2D eigenvalue weighted by molar-refractivity contribution is -0.116. The summed E-state index contributed by atoms with van der Waals surface area (Å²) in [5.74, 6) is -0.736. The number of halogens is 1. The van der Waals surface area contributed by atoms with Gasteiger partial charge in [0.1, 0.15) is 11.5 Å². The van der Waals surface area contributed by atoms with E-state index in [9.17, 15) is 9.18 Å². The van der Waals surface area contributed by atoms with Crippen LogP contribution in [0.15, 0.2) is 29.7 Å². The SMILES string of the molecule is Cc1cc(F)cc(NC(=O)/C(OCC2(C)CC2)=C(\C=N)N2CCNCC2)c1. The molecule has 1 aliphatic carbocycles. The molecule has 0 atom stereocenters. The van der Waals surface area contributed by atoms with Gasteiger partial charge in [0.2, 0.25) is 5.76 Å². The Kier molecular flexibility index (Phi) is 5.79. The van der Waals surface area contributed by atoms with E-state index in [1.54, 1.807) is 13.0 Å². The molecule has 7 heteroatoms. The quantitative estimate of drug-likeness (QED) is 0.390. The Bertz CT molecular complexity index is 732. The minimum absolute atomic E-state index is 0.0948. The Morgan fingerprint density at radius 1 is 1.37 bits per heavy atom. The summed E-state index contributed by atoms with van der Waals surface area (Å²) < 4.78 is 19.6. The molecule has 6 nitrogen and oxygen atoms in total. The van der Waals surface area contributed by atoms with Gasteiger partial charge in [-0.3, -0.25) is 4.79 Å². The molecular formula is C20H27FN4O2. The van der Waals surface area contributed by atoms with Crippen molar-refractivity contribution in [2.24, 2.45) is 5.41 Å². The van der Waals surface area contributed by atoms with Crippen LogP contribution in [0, 0.1) is 23.6 Å². The highest BCUT2D eigenvalue weighted by Crippen LogP contribution is 2.45. The van der Waals surface area contributed by atoms with E-state index in [1.807, 2.05) is 4.90 Å². The van der Waals surface area contributed by atoms with Crippen LogP contribution in [0.25, 0.3) is 0 Å². The van der Waals surface area contributed by atoms with Gasteiger partial charge < -0.3 is 25.7 Å². The van der Waals surface area contributed by atoms with Gasteiger partial charge in [0, 0.05) is 43.5 Å². The van der Waals surface area contributed by atoms with Crippen LogP contribution in [0.3, 0.4) is 0 Å². The molecule has 1 heterocycles. The van der Waals surface area contributed by atoms with Crippen molar-refractivity contribution in [2.75, 3.05) is 38.1 Å². The molecule has 3 N–H and O–H groups in total. The average molecular weight is 374 g/mol. The van der Waals surface area contributed by atoms with Crippen molar-refractivity contribution >= 4 is 17.8 Å². The van der Waals surface area contributed by atoms with Gasteiger partial charge in [-0.25, -0.2) is 4.39 Å². The highest BCUT2D eigenvalue weighted by atomic mass is 19.1. The zero-order valence-corrected chi connectivity index (χ0v) is 15.9. The van der Waals surface area contributed by atoms with Crippen molar-refractivity contribution in [3.63, 3.8) is 0 Å². The summed E-state index contributed by atoms with van der Waals surface area (Å²) in [6.45, 7) is 7.28. The van der Waals surface area contributed by atoms with Crippen molar-refractivity contribution in [3.8, 4) is 0 Å². The standard InChI is InChI=1S/C20H27FN4O2/c1-14-9-15(21)11-16(10-14)24-19(26)18(27-13-20(2)3-4-20)17(12-22)25-7-5-23-6-8-25/h9-12,22-23H,3-8,13H2,1-2H3,(H,24,26)/b18-17-,22-12?. The number of aryl methyl sites for hydroxylation is 1. The van der Waals surface area contributed by atoms with Gasteiger partial charge in [0.05, 0.1) is 6.61 Å². The maximum absolute atomic E-state index is 13.7. The predicted octanol–water partition coefficient (Wildman–Crippen LogP) is 2.66. The maximum Gasteiger partial charge on any atom is 0.293 e. The van der Waals surface area contributed by atoms with Crippen LogP contribution < -0.4 is 10.6 Å². The molecule has 2 aliphatic rings. The number of nitrogens with zero attached hydrogens (tertiary/aromatic N) is 1. The number of hydrogen-bond acceptors (Lipinski definition) is 5. The van der Waals surface area contributed by atoms with E-state index in [2.05, 4.69) is 17.6 Å². The second kappa shape index (κ2) is 8.08. The second-order valence-electron chi connectivity index (χ2n) is 7.67. The van der Waals surface area contributed by atoms with Crippen LogP contribution >= 0.6 is 0 Å². The van der Waals surface area contributed by atoms with Crippen LogP contribution in [0.5, 0.6) is 0 Å². The summed E-state index contributed by atoms with van der Waals surface area (Å²) in [5, 5.41) is 13.8. The van der Waals surface area contributed by atoms with E-state index in [4.69, 9.17) is 10.1 Å². The first-order valence-electron chi connectivity index (χ1n) is 9.32. The van der Waals surface area contributed by atoms with Crippen LogP contribution in [-0.2, 0) is 9.53 Å². The number of piperazine rings is 1. The number of amides is 1.